The smallest absolute Gasteiger partial charge is 0.227 e. The minimum Gasteiger partial charge on any atom is -0.346 e. The summed E-state index contributed by atoms with van der Waals surface area (Å²) in [5, 5.41) is 3.91. The highest BCUT2D eigenvalue weighted by Gasteiger charge is 2.15. The van der Waals surface area contributed by atoms with Crippen LogP contribution in [-0.2, 0) is 11.2 Å². The molecule has 0 fully saturated rings. The number of aryl methyl sites for hydroxylation is 2. The molecule has 0 saturated heterocycles. The molecule has 150 valence electrons. The van der Waals surface area contributed by atoms with Crippen LogP contribution in [0.2, 0.25) is 0 Å². The van der Waals surface area contributed by atoms with Crippen LogP contribution >= 0.6 is 12.4 Å². The second kappa shape index (κ2) is 10.4. The van der Waals surface area contributed by atoms with E-state index in [0.29, 0.717) is 41.7 Å². The third kappa shape index (κ3) is 6.59. The van der Waals surface area contributed by atoms with Crippen LogP contribution in [0.3, 0.4) is 0 Å². The van der Waals surface area contributed by atoms with E-state index in [0.717, 1.165) is 6.42 Å². The zero-order valence-electron chi connectivity index (χ0n) is 16.2. The Bertz CT molecular complexity index is 751. The Hall–Kier alpha value is -1.99. The Morgan fingerprint density at radius 1 is 1.37 bits per heavy atom. The van der Waals surface area contributed by atoms with Crippen molar-refractivity contribution in [1.29, 1.82) is 0 Å². The molecule has 0 aliphatic rings. The number of amides is 1. The summed E-state index contributed by atoms with van der Waals surface area (Å²) in [4.78, 5) is 18.2. The normalized spacial score (nSPS) is 12.0. The average Bonchev–Trinajstić information content (AvgIpc) is 3.08. The predicted molar refractivity (Wildman–Crippen MR) is 105 cm³/mol. The zero-order valence-corrected chi connectivity index (χ0v) is 17.1. The maximum absolute atomic E-state index is 13.3. The van der Waals surface area contributed by atoms with Crippen LogP contribution < -0.4 is 5.73 Å². The van der Waals surface area contributed by atoms with Crippen molar-refractivity contribution in [2.75, 3.05) is 13.6 Å². The van der Waals surface area contributed by atoms with E-state index in [4.69, 9.17) is 10.3 Å². The first kappa shape index (κ1) is 23.0. The van der Waals surface area contributed by atoms with E-state index in [9.17, 15) is 9.18 Å². The van der Waals surface area contributed by atoms with Crippen LogP contribution in [0.15, 0.2) is 22.7 Å². The summed E-state index contributed by atoms with van der Waals surface area (Å²) in [5.41, 5.74) is 7.22. The molecule has 0 aliphatic heterocycles. The molecule has 2 rings (SSSR count). The highest BCUT2D eigenvalue weighted by Crippen LogP contribution is 2.19. The van der Waals surface area contributed by atoms with Crippen LogP contribution in [0, 0.1) is 18.7 Å². The number of benzene rings is 1. The minimum atomic E-state index is -0.275. The van der Waals surface area contributed by atoms with Crippen molar-refractivity contribution >= 4 is 18.3 Å². The number of carbonyl (C=O) groups excluding carboxylic acids is 1. The molecule has 1 heterocycles. The van der Waals surface area contributed by atoms with Gasteiger partial charge in [-0.3, -0.25) is 4.79 Å². The van der Waals surface area contributed by atoms with Crippen molar-refractivity contribution in [2.24, 2.45) is 11.7 Å². The van der Waals surface area contributed by atoms with Gasteiger partial charge >= 0.3 is 0 Å². The van der Waals surface area contributed by atoms with Gasteiger partial charge in [-0.15, -0.1) is 12.4 Å². The third-order valence-electron chi connectivity index (χ3n) is 4.52. The summed E-state index contributed by atoms with van der Waals surface area (Å²) in [6.45, 7) is 6.45. The molecule has 0 bridgehead atoms. The van der Waals surface area contributed by atoms with Gasteiger partial charge in [0.15, 0.2) is 0 Å². The van der Waals surface area contributed by atoms with Crippen LogP contribution in [0.1, 0.15) is 38.1 Å². The third-order valence-corrected chi connectivity index (χ3v) is 4.52. The number of aromatic nitrogens is 2. The average molecular weight is 399 g/mol. The van der Waals surface area contributed by atoms with Crippen molar-refractivity contribution in [3.05, 3.63) is 35.5 Å². The fourth-order valence-electron chi connectivity index (χ4n) is 2.46. The van der Waals surface area contributed by atoms with Gasteiger partial charge in [-0.1, -0.05) is 19.0 Å². The number of rotatable bonds is 8. The summed E-state index contributed by atoms with van der Waals surface area (Å²) in [5.74, 6) is 0.918. The van der Waals surface area contributed by atoms with Crippen LogP contribution in [-0.4, -0.2) is 40.6 Å². The number of carbonyl (C=O) groups is 1. The number of nitrogens with two attached hydrogens (primary N) is 1. The van der Waals surface area contributed by atoms with Gasteiger partial charge in [-0.2, -0.15) is 4.98 Å². The monoisotopic (exact) mass is 398 g/mol. The maximum Gasteiger partial charge on any atom is 0.227 e. The van der Waals surface area contributed by atoms with Crippen LogP contribution in [0.4, 0.5) is 4.39 Å². The van der Waals surface area contributed by atoms with Gasteiger partial charge in [0.1, 0.15) is 5.82 Å². The van der Waals surface area contributed by atoms with E-state index in [-0.39, 0.29) is 36.6 Å². The van der Waals surface area contributed by atoms with Crippen molar-refractivity contribution < 1.29 is 13.7 Å². The molecule has 2 N–H and O–H groups in total. The lowest BCUT2D eigenvalue weighted by atomic mass is 10.0. The number of halogens is 2. The van der Waals surface area contributed by atoms with E-state index in [2.05, 4.69) is 24.0 Å². The predicted octanol–water partition coefficient (Wildman–Crippen LogP) is 3.37. The van der Waals surface area contributed by atoms with E-state index < -0.39 is 0 Å². The van der Waals surface area contributed by atoms with Crippen molar-refractivity contribution in [3.8, 4) is 11.4 Å². The summed E-state index contributed by atoms with van der Waals surface area (Å²) in [6, 6.07) is 4.73. The summed E-state index contributed by atoms with van der Waals surface area (Å²) < 4.78 is 18.6. The second-order valence-electron chi connectivity index (χ2n) is 6.99. The molecular formula is C19H28ClFN4O2. The Balaban J connectivity index is 0.00000364. The Labute approximate surface area is 165 Å². The largest absolute Gasteiger partial charge is 0.346 e. The molecule has 0 spiro atoms. The lowest BCUT2D eigenvalue weighted by Gasteiger charge is -2.21. The lowest BCUT2D eigenvalue weighted by molar-refractivity contribution is -0.130. The van der Waals surface area contributed by atoms with E-state index in [1.807, 2.05) is 0 Å². The summed E-state index contributed by atoms with van der Waals surface area (Å²) in [6.07, 6.45) is 1.43. The van der Waals surface area contributed by atoms with E-state index in [1.54, 1.807) is 31.0 Å². The molecular weight excluding hydrogens is 371 g/mol. The number of nitrogens with zero attached hydrogens (tertiary/aromatic N) is 3. The molecule has 6 nitrogen and oxygen atoms in total. The molecule has 8 heteroatoms. The topological polar surface area (TPSA) is 85.2 Å². The molecule has 1 aromatic heterocycles. The summed E-state index contributed by atoms with van der Waals surface area (Å²) in [7, 11) is 1.77. The molecule has 1 aromatic carbocycles. The quantitative estimate of drug-likeness (QED) is 0.736. The highest BCUT2D eigenvalue weighted by atomic mass is 35.5. The molecule has 1 amide bonds. The first-order valence-corrected chi connectivity index (χ1v) is 8.86. The maximum atomic E-state index is 13.3. The molecule has 0 radical (unpaired) electrons. The Morgan fingerprint density at radius 3 is 2.70 bits per heavy atom. The first-order valence-electron chi connectivity index (χ1n) is 8.86. The van der Waals surface area contributed by atoms with Gasteiger partial charge in [-0.25, -0.2) is 4.39 Å². The summed E-state index contributed by atoms with van der Waals surface area (Å²) >= 11 is 0. The van der Waals surface area contributed by atoms with Gasteiger partial charge in [-0.05, 0) is 43.0 Å². The molecule has 2 aromatic rings. The fourth-order valence-corrected chi connectivity index (χ4v) is 2.46. The molecule has 1 unspecified atom stereocenters. The van der Waals surface area contributed by atoms with Gasteiger partial charge in [0.25, 0.3) is 0 Å². The van der Waals surface area contributed by atoms with Crippen molar-refractivity contribution in [2.45, 2.75) is 46.1 Å². The van der Waals surface area contributed by atoms with Gasteiger partial charge in [0.2, 0.25) is 17.6 Å². The SMILES string of the molecule is Cc1cc(-c2noc(CCC(=O)N(C)CCC(N)C(C)C)n2)ccc1F.Cl. The van der Waals surface area contributed by atoms with Crippen molar-refractivity contribution in [3.63, 3.8) is 0 Å². The molecule has 0 aliphatic carbocycles. The number of hydrogen-bond donors (Lipinski definition) is 1. The van der Waals surface area contributed by atoms with E-state index in [1.165, 1.54) is 6.07 Å². The van der Waals surface area contributed by atoms with Gasteiger partial charge in [0, 0.05) is 38.0 Å². The van der Waals surface area contributed by atoms with Crippen LogP contribution in [0.5, 0.6) is 0 Å². The number of hydrogen-bond acceptors (Lipinski definition) is 5. The standard InChI is InChI=1S/C19H27FN4O2.ClH/c1-12(2)16(21)9-10-24(4)18(25)8-7-17-22-19(23-26-17)14-5-6-15(20)13(3)11-14;/h5-6,11-12,16H,7-10,21H2,1-4H3;1H. The molecule has 0 saturated carbocycles. The highest BCUT2D eigenvalue weighted by molar-refractivity contribution is 5.85. The minimum absolute atomic E-state index is 0. The molecule has 27 heavy (non-hydrogen) atoms. The van der Waals surface area contributed by atoms with Gasteiger partial charge < -0.3 is 15.2 Å². The molecule has 1 atom stereocenters. The zero-order chi connectivity index (χ0) is 19.3. The Kier molecular flexibility index (Phi) is 8.85. The lowest BCUT2D eigenvalue weighted by Crippen LogP contribution is -2.34. The van der Waals surface area contributed by atoms with Crippen molar-refractivity contribution in [1.82, 2.24) is 15.0 Å². The van der Waals surface area contributed by atoms with E-state index >= 15 is 0 Å². The first-order chi connectivity index (χ1) is 12.3. The van der Waals surface area contributed by atoms with Crippen LogP contribution in [0.25, 0.3) is 11.4 Å². The van der Waals surface area contributed by atoms with Gasteiger partial charge in [0.05, 0.1) is 0 Å². The second-order valence-corrected chi connectivity index (χ2v) is 6.99. The Morgan fingerprint density at radius 2 is 2.07 bits per heavy atom. The fraction of sp³-hybridized carbons (Fsp3) is 0.526.